The van der Waals surface area contributed by atoms with Crippen LogP contribution in [0.4, 0.5) is 26.3 Å². The number of hydrogen-bond acceptors (Lipinski definition) is 6. The molecule has 51 heavy (non-hydrogen) atoms. The van der Waals surface area contributed by atoms with E-state index in [0.717, 1.165) is 11.1 Å². The number of aliphatic carboxylic acids is 1. The van der Waals surface area contributed by atoms with Gasteiger partial charge in [0.25, 0.3) is 0 Å². The molecular weight excluding hydrogens is 727 g/mol. The van der Waals surface area contributed by atoms with Gasteiger partial charge in [-0.2, -0.15) is 0 Å². The van der Waals surface area contributed by atoms with Gasteiger partial charge in [0.2, 0.25) is 20.0 Å². The minimum absolute atomic E-state index is 0.0104. The SMILES string of the molecule is Cc1ccc(S(=O)(=O)N[C@@H](CC(=O)O)Cc2cc(F)c(F)cc2F)cc1.Cc1ccc(S(=O)(=O)N[C@@H](CCO)Cc2cc(F)c(F)cc2F)cc1. The lowest BCUT2D eigenvalue weighted by Crippen LogP contribution is -2.38. The van der Waals surface area contributed by atoms with Gasteiger partial charge in [0, 0.05) is 30.8 Å². The summed E-state index contributed by atoms with van der Waals surface area (Å²) in [6.07, 6.45) is -1.36. The molecule has 0 saturated carbocycles. The molecule has 2 atom stereocenters. The second-order valence-corrected chi connectivity index (χ2v) is 14.9. The van der Waals surface area contributed by atoms with Crippen LogP contribution in [-0.2, 0) is 37.7 Å². The molecule has 0 spiro atoms. The third-order valence-corrected chi connectivity index (χ3v) is 10.4. The molecule has 0 saturated heterocycles. The van der Waals surface area contributed by atoms with Crippen molar-refractivity contribution in [1.82, 2.24) is 9.44 Å². The number of aliphatic hydroxyl groups is 1. The fraction of sp³-hybridized carbons (Fsp3) is 0.265. The highest BCUT2D eigenvalue weighted by molar-refractivity contribution is 7.89. The summed E-state index contributed by atoms with van der Waals surface area (Å²) in [5.74, 6) is -8.63. The van der Waals surface area contributed by atoms with Crippen LogP contribution in [0.2, 0.25) is 0 Å². The normalized spacial score (nSPS) is 12.9. The van der Waals surface area contributed by atoms with Gasteiger partial charge in [0.05, 0.1) is 16.2 Å². The molecule has 0 aliphatic carbocycles. The Hall–Kier alpha value is -4.29. The van der Waals surface area contributed by atoms with Gasteiger partial charge in [-0.3, -0.25) is 4.79 Å². The van der Waals surface area contributed by atoms with E-state index in [1.54, 1.807) is 31.2 Å². The van der Waals surface area contributed by atoms with Crippen molar-refractivity contribution in [2.75, 3.05) is 6.61 Å². The van der Waals surface area contributed by atoms with E-state index in [-0.39, 0.29) is 40.4 Å². The maximum absolute atomic E-state index is 13.8. The first-order valence-electron chi connectivity index (χ1n) is 15.1. The predicted molar refractivity (Wildman–Crippen MR) is 175 cm³/mol. The van der Waals surface area contributed by atoms with Crippen LogP contribution in [0.25, 0.3) is 0 Å². The largest absolute Gasteiger partial charge is 0.481 e. The Bertz CT molecular complexity index is 2050. The average Bonchev–Trinajstić information content (AvgIpc) is 3.02. The quantitative estimate of drug-likeness (QED) is 0.0986. The van der Waals surface area contributed by atoms with Gasteiger partial charge in [0.1, 0.15) is 11.6 Å². The summed E-state index contributed by atoms with van der Waals surface area (Å²) in [6.45, 7) is 3.22. The summed E-state index contributed by atoms with van der Waals surface area (Å²) < 4.78 is 134. The van der Waals surface area contributed by atoms with Crippen LogP contribution in [0.15, 0.2) is 82.6 Å². The zero-order valence-electron chi connectivity index (χ0n) is 27.1. The first-order valence-corrected chi connectivity index (χ1v) is 18.1. The Morgan fingerprint density at radius 1 is 0.608 bits per heavy atom. The number of halogens is 6. The van der Waals surface area contributed by atoms with Gasteiger partial charge in [-0.25, -0.2) is 52.6 Å². The van der Waals surface area contributed by atoms with Crippen LogP contribution in [0.5, 0.6) is 0 Å². The second-order valence-electron chi connectivity index (χ2n) is 11.5. The number of aliphatic hydroxyl groups excluding tert-OH is 1. The molecule has 0 bridgehead atoms. The number of carboxylic acids is 1. The summed E-state index contributed by atoms with van der Waals surface area (Å²) in [4.78, 5) is 10.9. The number of benzene rings is 4. The molecule has 9 nitrogen and oxygen atoms in total. The molecule has 0 heterocycles. The van der Waals surface area contributed by atoms with Crippen molar-refractivity contribution < 1.29 is 58.2 Å². The first-order chi connectivity index (χ1) is 23.8. The number of hydrogen-bond donors (Lipinski definition) is 4. The van der Waals surface area contributed by atoms with Gasteiger partial charge in [-0.1, -0.05) is 35.4 Å². The maximum atomic E-state index is 13.8. The van der Waals surface area contributed by atoms with Crippen molar-refractivity contribution in [2.45, 2.75) is 61.4 Å². The zero-order chi connectivity index (χ0) is 38.1. The Morgan fingerprint density at radius 2 is 0.961 bits per heavy atom. The van der Waals surface area contributed by atoms with Crippen molar-refractivity contribution in [3.63, 3.8) is 0 Å². The smallest absolute Gasteiger partial charge is 0.304 e. The lowest BCUT2D eigenvalue weighted by molar-refractivity contribution is -0.137. The standard InChI is InChI=1S/C17H16F3NO4S.C17H18F3NO3S/c1-10-2-4-13(5-3-10)26(24,25)21-12(8-17(22)23)6-11-7-15(19)16(20)9-14(11)18;1-11-2-4-14(5-3-11)25(23,24)21-13(6-7-22)8-12-9-16(19)17(20)10-15(12)18/h2-5,7,9,12,21H,6,8H2,1H3,(H,22,23);2-5,9-10,13,21-22H,6-8H2,1H3/t12-;13-/m10/s1. The van der Waals surface area contributed by atoms with Crippen LogP contribution >= 0.6 is 0 Å². The molecule has 0 aromatic heterocycles. The van der Waals surface area contributed by atoms with Gasteiger partial charge in [-0.05, 0) is 80.6 Å². The van der Waals surface area contributed by atoms with E-state index in [1.165, 1.54) is 24.3 Å². The topological polar surface area (TPSA) is 150 Å². The maximum Gasteiger partial charge on any atom is 0.304 e. The van der Waals surface area contributed by atoms with Gasteiger partial charge >= 0.3 is 5.97 Å². The van der Waals surface area contributed by atoms with Gasteiger partial charge < -0.3 is 10.2 Å². The molecule has 4 rings (SSSR count). The van der Waals surface area contributed by atoms with E-state index in [1.807, 2.05) is 6.92 Å². The number of aryl methyl sites for hydroxylation is 2. The average molecular weight is 761 g/mol. The highest BCUT2D eigenvalue weighted by Crippen LogP contribution is 2.20. The van der Waals surface area contributed by atoms with E-state index in [4.69, 9.17) is 10.2 Å². The van der Waals surface area contributed by atoms with Crippen LogP contribution in [0.3, 0.4) is 0 Å². The lowest BCUT2D eigenvalue weighted by atomic mass is 10.0. The van der Waals surface area contributed by atoms with E-state index >= 15 is 0 Å². The summed E-state index contributed by atoms with van der Waals surface area (Å²) in [7, 11) is -7.98. The van der Waals surface area contributed by atoms with E-state index in [0.29, 0.717) is 24.3 Å². The second kappa shape index (κ2) is 17.8. The van der Waals surface area contributed by atoms with E-state index in [2.05, 4.69) is 9.44 Å². The fourth-order valence-electron chi connectivity index (χ4n) is 4.71. The van der Waals surface area contributed by atoms with Crippen molar-refractivity contribution in [3.05, 3.63) is 130 Å². The predicted octanol–water partition coefficient (Wildman–Crippen LogP) is 5.46. The van der Waals surface area contributed by atoms with E-state index in [9.17, 15) is 48.0 Å². The minimum atomic E-state index is -4.08. The molecule has 4 N–H and O–H groups in total. The molecular formula is C34H34F6N2O7S2. The van der Waals surface area contributed by atoms with Crippen LogP contribution in [-0.4, -0.2) is 51.7 Å². The highest BCUT2D eigenvalue weighted by Gasteiger charge is 2.25. The fourth-order valence-corrected chi connectivity index (χ4v) is 7.21. The third kappa shape index (κ3) is 12.2. The zero-order valence-corrected chi connectivity index (χ0v) is 28.8. The molecule has 17 heteroatoms. The van der Waals surface area contributed by atoms with Crippen molar-refractivity contribution in [1.29, 1.82) is 0 Å². The van der Waals surface area contributed by atoms with Gasteiger partial charge in [0.15, 0.2) is 23.3 Å². The number of sulfonamides is 2. The van der Waals surface area contributed by atoms with E-state index < -0.39 is 85.8 Å². The molecule has 0 fully saturated rings. The van der Waals surface area contributed by atoms with Gasteiger partial charge in [-0.15, -0.1) is 0 Å². The van der Waals surface area contributed by atoms with Crippen LogP contribution in [0, 0.1) is 48.8 Å². The first kappa shape index (κ1) is 41.1. The summed E-state index contributed by atoms with van der Waals surface area (Å²) in [5.41, 5.74) is 1.20. The van der Waals surface area contributed by atoms with Crippen molar-refractivity contribution in [2.24, 2.45) is 0 Å². The Kier molecular flexibility index (Phi) is 14.3. The Morgan fingerprint density at radius 3 is 1.33 bits per heavy atom. The molecule has 0 unspecified atom stereocenters. The third-order valence-electron chi connectivity index (χ3n) is 7.32. The Labute approximate surface area is 291 Å². The molecule has 276 valence electrons. The summed E-state index contributed by atoms with van der Waals surface area (Å²) >= 11 is 0. The summed E-state index contributed by atoms with van der Waals surface area (Å²) in [5, 5.41) is 18.1. The highest BCUT2D eigenvalue weighted by atomic mass is 32.2. The Balaban J connectivity index is 0.000000276. The lowest BCUT2D eigenvalue weighted by Gasteiger charge is -2.18. The summed E-state index contributed by atoms with van der Waals surface area (Å²) in [6, 6.07) is 11.8. The number of nitrogens with one attached hydrogen (secondary N) is 2. The molecule has 4 aromatic rings. The number of rotatable bonds is 14. The molecule has 0 amide bonds. The molecule has 0 aliphatic rings. The number of carboxylic acid groups (broad SMARTS) is 1. The minimum Gasteiger partial charge on any atom is -0.481 e. The van der Waals surface area contributed by atoms with Crippen molar-refractivity contribution in [3.8, 4) is 0 Å². The van der Waals surface area contributed by atoms with Crippen LogP contribution < -0.4 is 9.44 Å². The molecule has 0 aliphatic heterocycles. The van der Waals surface area contributed by atoms with Crippen LogP contribution in [0.1, 0.15) is 35.1 Å². The molecule has 0 radical (unpaired) electrons. The monoisotopic (exact) mass is 760 g/mol. The molecule has 4 aromatic carbocycles. The van der Waals surface area contributed by atoms with Crippen molar-refractivity contribution >= 4 is 26.0 Å². The number of carbonyl (C=O) groups is 1.